The molecule has 2 aliphatic rings. The van der Waals surface area contributed by atoms with E-state index >= 15 is 0 Å². The lowest BCUT2D eigenvalue weighted by molar-refractivity contribution is -0.136. The van der Waals surface area contributed by atoms with E-state index in [1.165, 1.54) is 11.1 Å². The molecule has 1 aromatic heterocycles. The lowest BCUT2D eigenvalue weighted by Gasteiger charge is -2.29. The molecule has 0 radical (unpaired) electrons. The van der Waals surface area contributed by atoms with Gasteiger partial charge in [0.05, 0.1) is 12.6 Å². The first-order valence-electron chi connectivity index (χ1n) is 15.3. The highest BCUT2D eigenvalue weighted by Gasteiger charge is 2.33. The number of thioether (sulfide) groups is 1. The Balaban J connectivity index is 1.47. The number of hydrogen-bond donors (Lipinski definition) is 2. The van der Waals surface area contributed by atoms with E-state index in [9.17, 15) is 14.4 Å². The highest BCUT2D eigenvalue weighted by Crippen LogP contribution is 2.29. The van der Waals surface area contributed by atoms with Gasteiger partial charge in [-0.1, -0.05) is 68.4 Å². The molecule has 9 nitrogen and oxygen atoms in total. The van der Waals surface area contributed by atoms with Crippen LogP contribution in [-0.4, -0.2) is 68.5 Å². The van der Waals surface area contributed by atoms with E-state index in [0.29, 0.717) is 44.1 Å². The summed E-state index contributed by atoms with van der Waals surface area (Å²) < 4.78 is 1.86. The molecule has 2 atom stereocenters. The highest BCUT2D eigenvalue weighted by molar-refractivity contribution is 7.98. The Kier molecular flexibility index (Phi) is 10.2. The fourth-order valence-corrected chi connectivity index (χ4v) is 6.45. The van der Waals surface area contributed by atoms with Crippen LogP contribution >= 0.6 is 11.8 Å². The minimum atomic E-state index is -0.649. The van der Waals surface area contributed by atoms with Crippen LogP contribution in [0.1, 0.15) is 56.1 Å². The topological polar surface area (TPSA) is 109 Å². The SMILES string of the molecule is CSCC[C@@H]1NC(=O)CCCN(C(=O)C2Cc3ccccc3C2)CCn2nc(-c3ccccc3)nc2[C@@H](C(C)C)NC1=O. The largest absolute Gasteiger partial charge is 0.344 e. The van der Waals surface area contributed by atoms with Crippen molar-refractivity contribution >= 4 is 29.5 Å². The summed E-state index contributed by atoms with van der Waals surface area (Å²) in [5, 5.41) is 11.1. The lowest BCUT2D eigenvalue weighted by Crippen LogP contribution is -2.49. The molecular formula is C33H42N6O3S. The molecule has 43 heavy (non-hydrogen) atoms. The number of carbonyl (C=O) groups is 3. The zero-order chi connectivity index (χ0) is 30.3. The Morgan fingerprint density at radius 2 is 1.67 bits per heavy atom. The Hall–Kier alpha value is -3.66. The summed E-state index contributed by atoms with van der Waals surface area (Å²) in [4.78, 5) is 47.4. The summed E-state index contributed by atoms with van der Waals surface area (Å²) in [7, 11) is 0. The molecule has 2 aromatic carbocycles. The summed E-state index contributed by atoms with van der Waals surface area (Å²) in [5.41, 5.74) is 3.36. The van der Waals surface area contributed by atoms with E-state index in [1.807, 2.05) is 72.1 Å². The molecule has 3 amide bonds. The van der Waals surface area contributed by atoms with Crippen LogP contribution in [0.5, 0.6) is 0 Å². The van der Waals surface area contributed by atoms with Crippen molar-refractivity contribution in [3.63, 3.8) is 0 Å². The van der Waals surface area contributed by atoms with Gasteiger partial charge >= 0.3 is 0 Å². The van der Waals surface area contributed by atoms with E-state index in [4.69, 9.17) is 10.1 Å². The highest BCUT2D eigenvalue weighted by atomic mass is 32.2. The van der Waals surface area contributed by atoms with E-state index in [0.717, 1.165) is 24.2 Å². The number of rotatable bonds is 6. The van der Waals surface area contributed by atoms with Gasteiger partial charge in [-0.25, -0.2) is 9.67 Å². The number of benzene rings is 2. The van der Waals surface area contributed by atoms with Gasteiger partial charge < -0.3 is 15.5 Å². The molecule has 2 heterocycles. The minimum Gasteiger partial charge on any atom is -0.344 e. The fourth-order valence-electron chi connectivity index (χ4n) is 5.98. The number of fused-ring (bicyclic) bond motifs is 2. The summed E-state index contributed by atoms with van der Waals surface area (Å²) in [6.45, 7) is 5.41. The molecule has 1 aliphatic carbocycles. The van der Waals surface area contributed by atoms with Gasteiger partial charge in [0, 0.05) is 31.0 Å². The third-order valence-corrected chi connectivity index (χ3v) is 9.01. The van der Waals surface area contributed by atoms with Crippen LogP contribution in [0.4, 0.5) is 0 Å². The normalized spacial score (nSPS) is 20.2. The van der Waals surface area contributed by atoms with Crippen molar-refractivity contribution < 1.29 is 14.4 Å². The smallest absolute Gasteiger partial charge is 0.243 e. The molecule has 0 fully saturated rings. The van der Waals surface area contributed by atoms with Crippen molar-refractivity contribution in [2.24, 2.45) is 11.8 Å². The standard InChI is InChI=1S/C33H42N6O3S/c1-22(2)29-31-36-30(23-10-5-4-6-11-23)37-39(31)18-17-38(33(42)26-20-24-12-7-8-13-25(24)21-26)16-9-14-28(40)34-27(15-19-43-3)32(41)35-29/h4-8,10-13,22,26-27,29H,9,14-21H2,1-3H3,(H,34,40)(H,35,41)/t27-,29+/m0/s1. The van der Waals surface area contributed by atoms with Gasteiger partial charge in [-0.3, -0.25) is 14.4 Å². The number of nitrogens with one attached hydrogen (secondary N) is 2. The molecule has 0 bridgehead atoms. The minimum absolute atomic E-state index is 0.00931. The maximum atomic E-state index is 13.9. The first kappa shape index (κ1) is 30.8. The third kappa shape index (κ3) is 7.47. The van der Waals surface area contributed by atoms with Crippen LogP contribution < -0.4 is 10.6 Å². The number of hydrogen-bond acceptors (Lipinski definition) is 6. The van der Waals surface area contributed by atoms with E-state index in [2.05, 4.69) is 22.8 Å². The van der Waals surface area contributed by atoms with Crippen molar-refractivity contribution in [2.75, 3.05) is 25.1 Å². The van der Waals surface area contributed by atoms with Crippen LogP contribution in [0, 0.1) is 11.8 Å². The first-order valence-corrected chi connectivity index (χ1v) is 16.7. The average molecular weight is 603 g/mol. The number of nitrogens with zero attached hydrogens (tertiary/aromatic N) is 4. The summed E-state index contributed by atoms with van der Waals surface area (Å²) in [6, 6.07) is 17.0. The van der Waals surface area contributed by atoms with E-state index in [-0.39, 0.29) is 36.0 Å². The molecular weight excluding hydrogens is 560 g/mol. The number of amides is 3. The Bertz CT molecular complexity index is 1400. The van der Waals surface area contributed by atoms with E-state index in [1.54, 1.807) is 11.8 Å². The van der Waals surface area contributed by atoms with Gasteiger partial charge in [-0.05, 0) is 54.7 Å². The van der Waals surface area contributed by atoms with Crippen molar-refractivity contribution in [3.8, 4) is 11.4 Å². The predicted molar refractivity (Wildman–Crippen MR) is 169 cm³/mol. The van der Waals surface area contributed by atoms with Gasteiger partial charge in [0.25, 0.3) is 0 Å². The van der Waals surface area contributed by atoms with Crippen molar-refractivity contribution in [2.45, 2.75) is 64.6 Å². The van der Waals surface area contributed by atoms with Gasteiger partial charge in [-0.2, -0.15) is 16.9 Å². The van der Waals surface area contributed by atoms with Gasteiger partial charge in [0.15, 0.2) is 11.6 Å². The second-order valence-electron chi connectivity index (χ2n) is 11.8. The summed E-state index contributed by atoms with van der Waals surface area (Å²) in [5.74, 6) is 1.59. The summed E-state index contributed by atoms with van der Waals surface area (Å²) in [6.07, 6.45) is 4.75. The molecule has 0 saturated carbocycles. The molecule has 0 saturated heterocycles. The molecule has 0 unspecified atom stereocenters. The average Bonchev–Trinajstić information content (AvgIpc) is 3.64. The Labute approximate surface area is 258 Å². The third-order valence-electron chi connectivity index (χ3n) is 8.36. The molecule has 1 aliphatic heterocycles. The van der Waals surface area contributed by atoms with Crippen LogP contribution in [-0.2, 0) is 33.8 Å². The number of carbonyl (C=O) groups excluding carboxylic acids is 3. The zero-order valence-electron chi connectivity index (χ0n) is 25.3. The van der Waals surface area contributed by atoms with E-state index < -0.39 is 12.1 Å². The van der Waals surface area contributed by atoms with Crippen LogP contribution in [0.25, 0.3) is 11.4 Å². The second kappa shape index (κ2) is 14.2. The van der Waals surface area contributed by atoms with Gasteiger partial charge in [-0.15, -0.1) is 0 Å². The maximum absolute atomic E-state index is 13.9. The maximum Gasteiger partial charge on any atom is 0.243 e. The zero-order valence-corrected chi connectivity index (χ0v) is 26.1. The van der Waals surface area contributed by atoms with Crippen molar-refractivity contribution in [1.29, 1.82) is 0 Å². The molecule has 3 aromatic rings. The van der Waals surface area contributed by atoms with Crippen LogP contribution in [0.3, 0.4) is 0 Å². The Morgan fingerprint density at radius 1 is 0.977 bits per heavy atom. The van der Waals surface area contributed by atoms with Gasteiger partial charge in [0.1, 0.15) is 6.04 Å². The lowest BCUT2D eigenvalue weighted by atomic mass is 10.0. The molecule has 0 spiro atoms. The Morgan fingerprint density at radius 3 is 2.35 bits per heavy atom. The molecule has 5 rings (SSSR count). The monoisotopic (exact) mass is 602 g/mol. The second-order valence-corrected chi connectivity index (χ2v) is 12.8. The van der Waals surface area contributed by atoms with Crippen LogP contribution in [0.2, 0.25) is 0 Å². The quantitative estimate of drug-likeness (QED) is 0.441. The van der Waals surface area contributed by atoms with Crippen LogP contribution in [0.15, 0.2) is 54.6 Å². The van der Waals surface area contributed by atoms with Gasteiger partial charge in [0.2, 0.25) is 17.7 Å². The molecule has 2 N–H and O–H groups in total. The molecule has 228 valence electrons. The van der Waals surface area contributed by atoms with Crippen molar-refractivity contribution in [3.05, 3.63) is 71.5 Å². The fraction of sp³-hybridized carbons (Fsp3) is 0.485. The first-order chi connectivity index (χ1) is 20.8. The number of aromatic nitrogens is 3. The summed E-state index contributed by atoms with van der Waals surface area (Å²) >= 11 is 1.64. The predicted octanol–water partition coefficient (Wildman–Crippen LogP) is 4.03. The molecule has 10 heteroatoms. The van der Waals surface area contributed by atoms with Crippen molar-refractivity contribution in [1.82, 2.24) is 30.3 Å².